The number of unbranched alkanes of at least 4 members (excludes halogenated alkanes) is 2. The topological polar surface area (TPSA) is 86.5 Å². The first-order valence-corrected chi connectivity index (χ1v) is 9.53. The van der Waals surface area contributed by atoms with Crippen LogP contribution in [0.15, 0.2) is 48.6 Å². The molecule has 2 aromatic rings. The van der Waals surface area contributed by atoms with E-state index in [1.54, 1.807) is 19.2 Å². The van der Waals surface area contributed by atoms with Crippen LogP contribution in [0.1, 0.15) is 47.8 Å². The molecule has 1 aromatic carbocycles. The molecule has 0 fully saturated rings. The molecule has 0 aliphatic carbocycles. The van der Waals surface area contributed by atoms with Crippen LogP contribution in [0.3, 0.4) is 0 Å². The maximum Gasteiger partial charge on any atom is 0.255 e. The van der Waals surface area contributed by atoms with E-state index in [0.29, 0.717) is 31.0 Å². The number of carbonyl (C=O) groups excluding carboxylic acids is 1. The van der Waals surface area contributed by atoms with Crippen LogP contribution in [0.5, 0.6) is 5.75 Å². The average molecular weight is 383 g/mol. The Morgan fingerprint density at radius 2 is 2.11 bits per heavy atom. The molecule has 0 bridgehead atoms. The molecule has 6 nitrogen and oxygen atoms in total. The fourth-order valence-electron chi connectivity index (χ4n) is 2.61. The summed E-state index contributed by atoms with van der Waals surface area (Å²) in [6.07, 6.45) is 7.65. The van der Waals surface area contributed by atoms with Gasteiger partial charge in [0.15, 0.2) is 0 Å². The van der Waals surface area contributed by atoms with Gasteiger partial charge < -0.3 is 20.5 Å². The summed E-state index contributed by atoms with van der Waals surface area (Å²) in [4.78, 5) is 16.6. The van der Waals surface area contributed by atoms with E-state index in [1.165, 1.54) is 12.8 Å². The third kappa shape index (κ3) is 7.04. The second-order valence-corrected chi connectivity index (χ2v) is 6.42. The zero-order valence-corrected chi connectivity index (χ0v) is 16.6. The lowest BCUT2D eigenvalue weighted by molar-refractivity contribution is 0.0951. The van der Waals surface area contributed by atoms with Crippen molar-refractivity contribution in [3.05, 3.63) is 65.4 Å². The Kier molecular flexibility index (Phi) is 9.01. The van der Waals surface area contributed by atoms with Crippen LogP contribution in [0.4, 0.5) is 5.82 Å². The zero-order valence-electron chi connectivity index (χ0n) is 16.6. The van der Waals surface area contributed by atoms with E-state index >= 15 is 0 Å². The van der Waals surface area contributed by atoms with Gasteiger partial charge in [0.25, 0.3) is 5.91 Å². The van der Waals surface area contributed by atoms with Crippen LogP contribution < -0.4 is 15.8 Å². The van der Waals surface area contributed by atoms with Gasteiger partial charge in [-0.1, -0.05) is 44.1 Å². The number of aromatic nitrogens is 1. The van der Waals surface area contributed by atoms with Crippen molar-refractivity contribution in [1.29, 1.82) is 0 Å². The van der Waals surface area contributed by atoms with Gasteiger partial charge in [0, 0.05) is 13.7 Å². The second kappa shape index (κ2) is 11.8. The van der Waals surface area contributed by atoms with E-state index < -0.39 is 0 Å². The van der Waals surface area contributed by atoms with Gasteiger partial charge in [0.2, 0.25) is 0 Å². The van der Waals surface area contributed by atoms with Gasteiger partial charge in [0.05, 0.1) is 17.9 Å². The zero-order chi connectivity index (χ0) is 20.2. The second-order valence-electron chi connectivity index (χ2n) is 6.42. The van der Waals surface area contributed by atoms with Gasteiger partial charge in [-0.15, -0.1) is 0 Å². The number of hydrogen-bond donors (Lipinski definition) is 2. The molecule has 2 rings (SSSR count). The predicted molar refractivity (Wildman–Crippen MR) is 111 cm³/mol. The number of methoxy groups -OCH3 is 1. The molecule has 0 aliphatic rings. The highest BCUT2D eigenvalue weighted by molar-refractivity contribution is 5.98. The van der Waals surface area contributed by atoms with Crippen molar-refractivity contribution in [3.8, 4) is 5.75 Å². The first-order valence-electron chi connectivity index (χ1n) is 9.53. The number of rotatable bonds is 11. The van der Waals surface area contributed by atoms with Crippen LogP contribution >= 0.6 is 0 Å². The number of anilines is 1. The van der Waals surface area contributed by atoms with Crippen molar-refractivity contribution in [2.24, 2.45) is 0 Å². The first kappa shape index (κ1) is 21.4. The monoisotopic (exact) mass is 383 g/mol. The molecule has 0 saturated carbocycles. The first-order chi connectivity index (χ1) is 13.6. The van der Waals surface area contributed by atoms with E-state index in [2.05, 4.69) is 23.3 Å². The molecule has 0 atom stereocenters. The van der Waals surface area contributed by atoms with Crippen LogP contribution in [0, 0.1) is 0 Å². The minimum absolute atomic E-state index is 0.194. The molecule has 0 spiro atoms. The number of amides is 1. The van der Waals surface area contributed by atoms with Crippen LogP contribution in [0.2, 0.25) is 0 Å². The smallest absolute Gasteiger partial charge is 0.255 e. The molecule has 1 aromatic heterocycles. The number of hydrogen-bond acceptors (Lipinski definition) is 5. The van der Waals surface area contributed by atoms with Crippen molar-refractivity contribution >= 4 is 11.7 Å². The van der Waals surface area contributed by atoms with Crippen molar-refractivity contribution in [2.45, 2.75) is 39.3 Å². The van der Waals surface area contributed by atoms with E-state index in [1.807, 2.05) is 30.3 Å². The predicted octanol–water partition coefficient (Wildman–Crippen LogP) is 3.87. The maximum atomic E-state index is 12.4. The molecule has 3 N–H and O–H groups in total. The SMILES string of the molecule is CCCCC=CCOc1cccc(CNC(=O)c2ccc(COC)nc2N)c1. The number of benzene rings is 1. The van der Waals surface area contributed by atoms with Crippen molar-refractivity contribution < 1.29 is 14.3 Å². The summed E-state index contributed by atoms with van der Waals surface area (Å²) in [5.74, 6) is 0.704. The van der Waals surface area contributed by atoms with Crippen LogP contribution in [-0.2, 0) is 17.9 Å². The molecule has 150 valence electrons. The van der Waals surface area contributed by atoms with Crippen molar-refractivity contribution in [3.63, 3.8) is 0 Å². The highest BCUT2D eigenvalue weighted by Crippen LogP contribution is 2.15. The summed E-state index contributed by atoms with van der Waals surface area (Å²) in [6.45, 7) is 3.44. The number of allylic oxidation sites excluding steroid dienone is 1. The third-order valence-corrected chi connectivity index (χ3v) is 4.11. The molecule has 1 amide bonds. The van der Waals surface area contributed by atoms with Crippen molar-refractivity contribution in [1.82, 2.24) is 10.3 Å². The van der Waals surface area contributed by atoms with Gasteiger partial charge in [-0.25, -0.2) is 4.98 Å². The van der Waals surface area contributed by atoms with E-state index in [-0.39, 0.29) is 11.7 Å². The lowest BCUT2D eigenvalue weighted by Crippen LogP contribution is -2.24. The fraction of sp³-hybridized carbons (Fsp3) is 0.364. The number of nitrogens with one attached hydrogen (secondary N) is 1. The highest BCUT2D eigenvalue weighted by atomic mass is 16.5. The summed E-state index contributed by atoms with van der Waals surface area (Å²) in [7, 11) is 1.58. The van der Waals surface area contributed by atoms with Crippen LogP contribution in [-0.4, -0.2) is 24.6 Å². The third-order valence-electron chi connectivity index (χ3n) is 4.11. The number of nitrogens with zero attached hydrogens (tertiary/aromatic N) is 1. The number of nitrogens with two attached hydrogens (primary N) is 1. The standard InChI is InChI=1S/C22H29N3O3/c1-3-4-5-6-7-13-28-19-10-8-9-17(14-19)15-24-22(26)20-12-11-18(16-27-2)25-21(20)23/h6-12,14H,3-5,13,15-16H2,1-2H3,(H2,23,25)(H,24,26). The number of nitrogen functional groups attached to an aromatic ring is 1. The Balaban J connectivity index is 1.87. The molecular formula is C22H29N3O3. The molecule has 28 heavy (non-hydrogen) atoms. The lowest BCUT2D eigenvalue weighted by atomic mass is 10.2. The summed E-state index contributed by atoms with van der Waals surface area (Å²) in [6, 6.07) is 11.1. The van der Waals surface area contributed by atoms with Crippen molar-refractivity contribution in [2.75, 3.05) is 19.5 Å². The highest BCUT2D eigenvalue weighted by Gasteiger charge is 2.11. The molecule has 6 heteroatoms. The quantitative estimate of drug-likeness (QED) is 0.454. The normalized spacial score (nSPS) is 10.9. The number of pyridine rings is 1. The van der Waals surface area contributed by atoms with Gasteiger partial charge in [0.1, 0.15) is 18.2 Å². The average Bonchev–Trinajstić information content (AvgIpc) is 2.69. The molecule has 1 heterocycles. The maximum absolute atomic E-state index is 12.4. The molecule has 0 saturated heterocycles. The largest absolute Gasteiger partial charge is 0.490 e. The molecule has 0 aliphatic heterocycles. The number of ether oxygens (including phenoxy) is 2. The molecular weight excluding hydrogens is 354 g/mol. The summed E-state index contributed by atoms with van der Waals surface area (Å²) in [5.41, 5.74) is 7.87. The Morgan fingerprint density at radius 1 is 1.25 bits per heavy atom. The summed E-state index contributed by atoms with van der Waals surface area (Å²) < 4.78 is 10.7. The minimum atomic E-state index is -0.265. The van der Waals surface area contributed by atoms with Gasteiger partial charge in [-0.2, -0.15) is 0 Å². The summed E-state index contributed by atoms with van der Waals surface area (Å²) >= 11 is 0. The van der Waals surface area contributed by atoms with E-state index in [0.717, 1.165) is 17.7 Å². The summed E-state index contributed by atoms with van der Waals surface area (Å²) in [5, 5.41) is 2.87. The van der Waals surface area contributed by atoms with E-state index in [4.69, 9.17) is 15.2 Å². The molecule has 0 unspecified atom stereocenters. The Bertz CT molecular complexity index is 790. The van der Waals surface area contributed by atoms with Gasteiger partial charge >= 0.3 is 0 Å². The Hall–Kier alpha value is -2.86. The Morgan fingerprint density at radius 3 is 2.86 bits per heavy atom. The Labute approximate surface area is 166 Å². The van der Waals surface area contributed by atoms with Crippen LogP contribution in [0.25, 0.3) is 0 Å². The number of carbonyl (C=O) groups is 1. The van der Waals surface area contributed by atoms with Gasteiger partial charge in [-0.05, 0) is 36.2 Å². The molecule has 0 radical (unpaired) electrons. The lowest BCUT2D eigenvalue weighted by Gasteiger charge is -2.10. The minimum Gasteiger partial charge on any atom is -0.490 e. The fourth-order valence-corrected chi connectivity index (χ4v) is 2.61. The van der Waals surface area contributed by atoms with E-state index in [9.17, 15) is 4.79 Å². The van der Waals surface area contributed by atoms with Gasteiger partial charge in [-0.3, -0.25) is 4.79 Å².